The molecule has 1 aromatic heterocycles. The van der Waals surface area contributed by atoms with Crippen LogP contribution in [0.3, 0.4) is 0 Å². The second kappa shape index (κ2) is 6.26. The number of nitrogens with one attached hydrogen (secondary N) is 1. The Hall–Kier alpha value is -2.23. The van der Waals surface area contributed by atoms with Crippen LogP contribution in [-0.2, 0) is 12.8 Å². The van der Waals surface area contributed by atoms with E-state index in [4.69, 9.17) is 4.74 Å². The van der Waals surface area contributed by atoms with Gasteiger partial charge in [0.1, 0.15) is 5.75 Å². The van der Waals surface area contributed by atoms with Crippen LogP contribution in [0.4, 0.5) is 4.79 Å². The monoisotopic (exact) mass is 298 g/mol. The number of aromatic nitrogens is 1. The van der Waals surface area contributed by atoms with Crippen molar-refractivity contribution in [2.45, 2.75) is 32.1 Å². The summed E-state index contributed by atoms with van der Waals surface area (Å²) in [6.07, 6.45) is 5.76. The van der Waals surface area contributed by atoms with E-state index in [1.165, 1.54) is 35.4 Å². The number of carbonyl (C=O) groups is 1. The second-order valence-corrected chi connectivity index (χ2v) is 6.04. The average molecular weight is 298 g/mol. The van der Waals surface area contributed by atoms with E-state index in [0.29, 0.717) is 5.75 Å². The van der Waals surface area contributed by atoms with E-state index < -0.39 is 0 Å². The summed E-state index contributed by atoms with van der Waals surface area (Å²) in [5, 5.41) is 0. The number of nitrogens with zero attached hydrogens (tertiary/aromatic N) is 1. The minimum atomic E-state index is -0.362. The van der Waals surface area contributed by atoms with E-state index in [0.717, 1.165) is 24.1 Å². The molecule has 0 atom stereocenters. The first kappa shape index (κ1) is 14.7. The van der Waals surface area contributed by atoms with Gasteiger partial charge < -0.3 is 14.6 Å². The third-order valence-electron chi connectivity index (χ3n) is 4.08. The average Bonchev–Trinajstić information content (AvgIpc) is 2.78. The Morgan fingerprint density at radius 1 is 1.14 bits per heavy atom. The van der Waals surface area contributed by atoms with Crippen molar-refractivity contribution in [2.24, 2.45) is 0 Å². The first-order valence-corrected chi connectivity index (χ1v) is 7.84. The van der Waals surface area contributed by atoms with Crippen molar-refractivity contribution in [2.75, 3.05) is 14.1 Å². The lowest BCUT2D eigenvalue weighted by atomic mass is 10.1. The molecule has 0 spiro atoms. The van der Waals surface area contributed by atoms with E-state index in [1.54, 1.807) is 20.2 Å². The molecule has 22 heavy (non-hydrogen) atoms. The highest BCUT2D eigenvalue weighted by atomic mass is 16.6. The van der Waals surface area contributed by atoms with E-state index in [1.807, 2.05) is 18.2 Å². The summed E-state index contributed by atoms with van der Waals surface area (Å²) >= 11 is 0. The smallest absolute Gasteiger partial charge is 0.410 e. The van der Waals surface area contributed by atoms with Crippen molar-refractivity contribution in [3.05, 3.63) is 41.6 Å². The molecule has 0 unspecified atom stereocenters. The summed E-state index contributed by atoms with van der Waals surface area (Å²) in [6.45, 7) is 0. The third-order valence-corrected chi connectivity index (χ3v) is 4.08. The van der Waals surface area contributed by atoms with Crippen molar-refractivity contribution in [3.8, 4) is 17.0 Å². The molecule has 0 fully saturated rings. The summed E-state index contributed by atoms with van der Waals surface area (Å²) in [5.74, 6) is 0.570. The predicted molar refractivity (Wildman–Crippen MR) is 87.2 cm³/mol. The van der Waals surface area contributed by atoms with Gasteiger partial charge in [0.2, 0.25) is 0 Å². The Kier molecular flexibility index (Phi) is 4.18. The standard InChI is InChI=1S/C18H22N2O2/c1-20(2)18(21)22-15-9-6-8-13(11-15)17-12-14-7-4-3-5-10-16(14)19-17/h6,8-9,11-12,19H,3-5,7,10H2,1-2H3. The molecule has 0 aliphatic heterocycles. The first-order valence-electron chi connectivity index (χ1n) is 7.84. The number of rotatable bonds is 2. The van der Waals surface area contributed by atoms with Crippen LogP contribution in [0, 0.1) is 0 Å². The number of carbonyl (C=O) groups excluding carboxylic acids is 1. The molecule has 3 rings (SSSR count). The maximum Gasteiger partial charge on any atom is 0.414 e. The third kappa shape index (κ3) is 3.16. The summed E-state index contributed by atoms with van der Waals surface area (Å²) in [5.41, 5.74) is 4.96. The number of H-pyrrole nitrogens is 1. The van der Waals surface area contributed by atoms with Gasteiger partial charge in [0.15, 0.2) is 0 Å². The zero-order valence-electron chi connectivity index (χ0n) is 13.2. The number of aryl methyl sites for hydroxylation is 2. The van der Waals surface area contributed by atoms with E-state index in [2.05, 4.69) is 11.1 Å². The highest BCUT2D eigenvalue weighted by Crippen LogP contribution is 2.28. The Bertz CT molecular complexity index is 650. The normalized spacial score (nSPS) is 14.1. The van der Waals surface area contributed by atoms with E-state index in [9.17, 15) is 4.79 Å². The maximum absolute atomic E-state index is 11.7. The molecule has 1 aliphatic rings. The van der Waals surface area contributed by atoms with Crippen molar-refractivity contribution >= 4 is 6.09 Å². The molecule has 2 aromatic rings. The molecule has 1 heterocycles. The Labute approximate surface area is 131 Å². The van der Waals surface area contributed by atoms with Gasteiger partial charge in [0.05, 0.1) is 0 Å². The van der Waals surface area contributed by atoms with Gasteiger partial charge in [0.25, 0.3) is 0 Å². The fraction of sp³-hybridized carbons (Fsp3) is 0.389. The second-order valence-electron chi connectivity index (χ2n) is 6.04. The lowest BCUT2D eigenvalue weighted by Gasteiger charge is -2.11. The van der Waals surface area contributed by atoms with Crippen LogP contribution in [0.2, 0.25) is 0 Å². The number of hydrogen-bond donors (Lipinski definition) is 1. The van der Waals surface area contributed by atoms with Crippen molar-refractivity contribution < 1.29 is 9.53 Å². The topological polar surface area (TPSA) is 45.3 Å². The molecule has 1 aromatic carbocycles. The van der Waals surface area contributed by atoms with Crippen LogP contribution in [0.5, 0.6) is 5.75 Å². The summed E-state index contributed by atoms with van der Waals surface area (Å²) in [7, 11) is 3.35. The summed E-state index contributed by atoms with van der Waals surface area (Å²) in [4.78, 5) is 16.6. The van der Waals surface area contributed by atoms with E-state index in [-0.39, 0.29) is 6.09 Å². The van der Waals surface area contributed by atoms with Crippen LogP contribution in [0.15, 0.2) is 30.3 Å². The highest BCUT2D eigenvalue weighted by molar-refractivity contribution is 5.71. The number of benzene rings is 1. The summed E-state index contributed by atoms with van der Waals surface area (Å²) in [6, 6.07) is 9.91. The molecule has 1 N–H and O–H groups in total. The minimum Gasteiger partial charge on any atom is -0.410 e. The molecule has 1 aliphatic carbocycles. The maximum atomic E-state index is 11.7. The number of ether oxygens (including phenoxy) is 1. The molecule has 0 bridgehead atoms. The first-order chi connectivity index (χ1) is 10.6. The fourth-order valence-corrected chi connectivity index (χ4v) is 2.86. The number of aromatic amines is 1. The quantitative estimate of drug-likeness (QED) is 0.851. The van der Waals surface area contributed by atoms with Crippen LogP contribution < -0.4 is 4.74 Å². The SMILES string of the molecule is CN(C)C(=O)Oc1cccc(-c2cc3c([nH]2)CCCCC3)c1. The van der Waals surface area contributed by atoms with Gasteiger partial charge in [-0.05, 0) is 49.4 Å². The van der Waals surface area contributed by atoms with Crippen molar-refractivity contribution in [1.29, 1.82) is 0 Å². The Morgan fingerprint density at radius 2 is 1.95 bits per heavy atom. The zero-order chi connectivity index (χ0) is 15.5. The number of hydrogen-bond acceptors (Lipinski definition) is 2. The Morgan fingerprint density at radius 3 is 2.77 bits per heavy atom. The van der Waals surface area contributed by atoms with Crippen molar-refractivity contribution in [1.82, 2.24) is 9.88 Å². The van der Waals surface area contributed by atoms with Gasteiger partial charge in [-0.2, -0.15) is 0 Å². The van der Waals surface area contributed by atoms with Gasteiger partial charge >= 0.3 is 6.09 Å². The molecule has 116 valence electrons. The summed E-state index contributed by atoms with van der Waals surface area (Å²) < 4.78 is 5.33. The van der Waals surface area contributed by atoms with Crippen LogP contribution in [0.25, 0.3) is 11.3 Å². The number of amides is 1. The largest absolute Gasteiger partial charge is 0.414 e. The molecular formula is C18H22N2O2. The fourth-order valence-electron chi connectivity index (χ4n) is 2.86. The van der Waals surface area contributed by atoms with Crippen LogP contribution in [0.1, 0.15) is 30.5 Å². The molecule has 0 radical (unpaired) electrons. The lowest BCUT2D eigenvalue weighted by molar-refractivity contribution is 0.172. The van der Waals surface area contributed by atoms with Gasteiger partial charge in [-0.15, -0.1) is 0 Å². The van der Waals surface area contributed by atoms with Gasteiger partial charge in [0, 0.05) is 31.0 Å². The molecule has 4 nitrogen and oxygen atoms in total. The highest BCUT2D eigenvalue weighted by Gasteiger charge is 2.13. The molecule has 0 saturated carbocycles. The van der Waals surface area contributed by atoms with Crippen LogP contribution >= 0.6 is 0 Å². The molecular weight excluding hydrogens is 276 g/mol. The molecule has 4 heteroatoms. The van der Waals surface area contributed by atoms with E-state index >= 15 is 0 Å². The van der Waals surface area contributed by atoms with Gasteiger partial charge in [-0.1, -0.05) is 18.6 Å². The minimum absolute atomic E-state index is 0.362. The zero-order valence-corrected chi connectivity index (χ0v) is 13.2. The Balaban J connectivity index is 1.84. The lowest BCUT2D eigenvalue weighted by Crippen LogP contribution is -2.25. The van der Waals surface area contributed by atoms with Crippen LogP contribution in [-0.4, -0.2) is 30.1 Å². The van der Waals surface area contributed by atoms with Crippen molar-refractivity contribution in [3.63, 3.8) is 0 Å². The number of fused-ring (bicyclic) bond motifs is 1. The van der Waals surface area contributed by atoms with Gasteiger partial charge in [-0.25, -0.2) is 4.79 Å². The molecule has 1 amide bonds. The van der Waals surface area contributed by atoms with Gasteiger partial charge in [-0.3, -0.25) is 0 Å². The molecule has 0 saturated heterocycles. The predicted octanol–water partition coefficient (Wildman–Crippen LogP) is 4.01.